The van der Waals surface area contributed by atoms with Gasteiger partial charge in [-0.3, -0.25) is 0 Å². The maximum Gasteiger partial charge on any atom is 0.101 e. The Bertz CT molecular complexity index is 2710. The smallest absolute Gasteiger partial charge is 0.101 e. The number of para-hydroxylation sites is 5. The van der Waals surface area contributed by atoms with Gasteiger partial charge >= 0.3 is 0 Å². The lowest BCUT2D eigenvalue weighted by Crippen LogP contribution is -2.01. The second-order valence-corrected chi connectivity index (χ2v) is 12.0. The van der Waals surface area contributed by atoms with Gasteiger partial charge in [0.25, 0.3) is 0 Å². The maximum absolute atomic E-state index is 10.5. The first kappa shape index (κ1) is 27.4. The number of hydrogen-bond donors (Lipinski definition) is 0. The Morgan fingerprint density at radius 2 is 0.875 bits per heavy atom. The Morgan fingerprint density at radius 1 is 0.375 bits per heavy atom. The van der Waals surface area contributed by atoms with Gasteiger partial charge in [0.2, 0.25) is 0 Å². The summed E-state index contributed by atoms with van der Waals surface area (Å²) in [5.41, 5.74) is 10.9. The molecule has 0 saturated heterocycles. The van der Waals surface area contributed by atoms with Crippen molar-refractivity contribution in [3.63, 3.8) is 0 Å². The summed E-state index contributed by atoms with van der Waals surface area (Å²) in [5.74, 6) is 0. The van der Waals surface area contributed by atoms with E-state index in [0.717, 1.165) is 66.5 Å². The molecule has 9 aromatic rings. The first-order chi connectivity index (χ1) is 23.7. The largest absolute Gasteiger partial charge is 0.309 e. The highest BCUT2D eigenvalue weighted by atomic mass is 15.0. The molecule has 2 aromatic heterocycles. The number of rotatable bonds is 4. The van der Waals surface area contributed by atoms with E-state index in [0.29, 0.717) is 11.1 Å². The zero-order valence-corrected chi connectivity index (χ0v) is 25.8. The molecule has 9 rings (SSSR count). The number of benzene rings is 7. The molecule has 0 aliphatic heterocycles. The van der Waals surface area contributed by atoms with Crippen molar-refractivity contribution in [2.75, 3.05) is 0 Å². The van der Waals surface area contributed by atoms with Crippen molar-refractivity contribution < 1.29 is 0 Å². The van der Waals surface area contributed by atoms with Crippen LogP contribution in [0, 0.1) is 22.7 Å². The van der Waals surface area contributed by atoms with Gasteiger partial charge in [-0.2, -0.15) is 10.5 Å². The van der Waals surface area contributed by atoms with E-state index in [-0.39, 0.29) is 0 Å². The molecule has 0 N–H and O–H groups in total. The van der Waals surface area contributed by atoms with Gasteiger partial charge in [0.1, 0.15) is 6.07 Å². The average molecular weight is 611 g/mol. The topological polar surface area (TPSA) is 57.4 Å². The van der Waals surface area contributed by atoms with Crippen LogP contribution in [0.2, 0.25) is 0 Å². The highest BCUT2D eigenvalue weighted by Crippen LogP contribution is 2.39. The minimum absolute atomic E-state index is 0.570. The molecular formula is C44H26N4. The molecule has 0 radical (unpaired) electrons. The molecule has 0 bridgehead atoms. The molecule has 4 nitrogen and oxygen atoms in total. The number of fused-ring (bicyclic) bond motifs is 6. The normalized spacial score (nSPS) is 11.3. The minimum Gasteiger partial charge on any atom is -0.309 e. The van der Waals surface area contributed by atoms with E-state index in [9.17, 15) is 10.5 Å². The number of nitriles is 2. The third-order valence-electron chi connectivity index (χ3n) is 9.41. The fourth-order valence-electron chi connectivity index (χ4n) is 7.34. The Labute approximate surface area is 277 Å². The quantitative estimate of drug-likeness (QED) is 0.199. The molecule has 0 amide bonds. The van der Waals surface area contributed by atoms with Gasteiger partial charge < -0.3 is 9.13 Å². The Hall–Kier alpha value is -6.88. The van der Waals surface area contributed by atoms with Gasteiger partial charge in [0, 0.05) is 32.8 Å². The average Bonchev–Trinajstić information content (AvgIpc) is 3.67. The summed E-state index contributed by atoms with van der Waals surface area (Å²) < 4.78 is 4.48. The number of hydrogen-bond acceptors (Lipinski definition) is 2. The Morgan fingerprint density at radius 3 is 1.44 bits per heavy atom. The zero-order valence-electron chi connectivity index (χ0n) is 25.8. The predicted octanol–water partition coefficient (Wildman–Crippen LogP) is 11.0. The molecule has 0 aliphatic rings. The summed E-state index contributed by atoms with van der Waals surface area (Å²) in [4.78, 5) is 0. The van der Waals surface area contributed by atoms with Crippen molar-refractivity contribution in [3.8, 4) is 45.8 Å². The third-order valence-corrected chi connectivity index (χ3v) is 9.41. The lowest BCUT2D eigenvalue weighted by atomic mass is 9.93. The SMILES string of the molecule is N#Cc1cc(-c2cccc(C#N)c2-n2c3ccccc3c3ccccc32)ccc1-c1cccc(-n2c3ccccc3c3ccccc32)c1. The first-order valence-electron chi connectivity index (χ1n) is 15.9. The van der Waals surface area contributed by atoms with Gasteiger partial charge in [-0.1, -0.05) is 109 Å². The van der Waals surface area contributed by atoms with Crippen LogP contribution >= 0.6 is 0 Å². The van der Waals surface area contributed by atoms with Crippen LogP contribution in [-0.4, -0.2) is 9.13 Å². The van der Waals surface area contributed by atoms with Crippen molar-refractivity contribution in [2.45, 2.75) is 0 Å². The van der Waals surface area contributed by atoms with Gasteiger partial charge in [-0.15, -0.1) is 0 Å². The lowest BCUT2D eigenvalue weighted by Gasteiger charge is -2.17. The molecule has 0 spiro atoms. The van der Waals surface area contributed by atoms with Crippen molar-refractivity contribution >= 4 is 43.6 Å². The van der Waals surface area contributed by atoms with Gasteiger partial charge in [-0.25, -0.2) is 0 Å². The summed E-state index contributed by atoms with van der Waals surface area (Å²) in [6.07, 6.45) is 0. The van der Waals surface area contributed by atoms with Gasteiger partial charge in [0.15, 0.2) is 0 Å². The van der Waals surface area contributed by atoms with Gasteiger partial charge in [-0.05, 0) is 65.2 Å². The summed E-state index contributed by atoms with van der Waals surface area (Å²) in [6, 6.07) is 58.7. The molecule has 222 valence electrons. The van der Waals surface area contributed by atoms with Crippen LogP contribution in [0.4, 0.5) is 0 Å². The van der Waals surface area contributed by atoms with Crippen LogP contribution in [0.5, 0.6) is 0 Å². The summed E-state index contributed by atoms with van der Waals surface area (Å²) in [5, 5.41) is 25.5. The van der Waals surface area contributed by atoms with Crippen LogP contribution in [0.15, 0.2) is 158 Å². The molecule has 7 aromatic carbocycles. The molecule has 4 heteroatoms. The fourth-order valence-corrected chi connectivity index (χ4v) is 7.34. The monoisotopic (exact) mass is 610 g/mol. The van der Waals surface area contributed by atoms with Crippen LogP contribution in [0.3, 0.4) is 0 Å². The van der Waals surface area contributed by atoms with E-state index >= 15 is 0 Å². The van der Waals surface area contributed by atoms with Crippen molar-refractivity contribution in [2.24, 2.45) is 0 Å². The van der Waals surface area contributed by atoms with Gasteiger partial charge in [0.05, 0.1) is 45.0 Å². The van der Waals surface area contributed by atoms with E-state index < -0.39 is 0 Å². The van der Waals surface area contributed by atoms with Crippen molar-refractivity contribution in [1.29, 1.82) is 10.5 Å². The van der Waals surface area contributed by atoms with Crippen LogP contribution in [0.25, 0.3) is 77.2 Å². The Balaban J connectivity index is 1.22. The van der Waals surface area contributed by atoms with Crippen molar-refractivity contribution in [3.05, 3.63) is 169 Å². The predicted molar refractivity (Wildman–Crippen MR) is 195 cm³/mol. The van der Waals surface area contributed by atoms with Crippen LogP contribution < -0.4 is 0 Å². The zero-order chi connectivity index (χ0) is 32.2. The highest BCUT2D eigenvalue weighted by Gasteiger charge is 2.20. The molecule has 0 fully saturated rings. The third kappa shape index (κ3) is 4.07. The standard InChI is InChI=1S/C44H26N4/c45-27-31-12-10-18-35(44(31)48-42-21-7-3-16-38(42)39-17-4-8-22-43(39)48)30-23-24-34(32(25-30)28-46)29-11-9-13-33(26-29)47-40-19-5-1-14-36(40)37-15-2-6-20-41(37)47/h1-26H. The van der Waals surface area contributed by atoms with E-state index in [1.807, 2.05) is 54.6 Å². The van der Waals surface area contributed by atoms with E-state index in [1.54, 1.807) is 0 Å². The summed E-state index contributed by atoms with van der Waals surface area (Å²) in [6.45, 7) is 0. The Kier molecular flexibility index (Phi) is 6.22. The molecule has 0 atom stereocenters. The molecule has 0 saturated carbocycles. The highest BCUT2D eigenvalue weighted by molar-refractivity contribution is 6.10. The summed E-state index contributed by atoms with van der Waals surface area (Å²) in [7, 11) is 0. The maximum atomic E-state index is 10.5. The van der Waals surface area contributed by atoms with E-state index in [2.05, 4.69) is 124 Å². The fraction of sp³-hybridized carbons (Fsp3) is 0. The molecule has 48 heavy (non-hydrogen) atoms. The van der Waals surface area contributed by atoms with Crippen LogP contribution in [0.1, 0.15) is 11.1 Å². The summed E-state index contributed by atoms with van der Waals surface area (Å²) >= 11 is 0. The molecule has 0 aliphatic carbocycles. The van der Waals surface area contributed by atoms with E-state index in [1.165, 1.54) is 10.8 Å². The second-order valence-electron chi connectivity index (χ2n) is 12.0. The lowest BCUT2D eigenvalue weighted by molar-refractivity contribution is 1.17. The molecule has 2 heterocycles. The van der Waals surface area contributed by atoms with Crippen LogP contribution in [-0.2, 0) is 0 Å². The first-order valence-corrected chi connectivity index (χ1v) is 15.9. The van der Waals surface area contributed by atoms with Crippen molar-refractivity contribution in [1.82, 2.24) is 9.13 Å². The van der Waals surface area contributed by atoms with E-state index in [4.69, 9.17) is 0 Å². The number of nitrogens with zero attached hydrogens (tertiary/aromatic N) is 4. The minimum atomic E-state index is 0.570. The molecule has 0 unspecified atom stereocenters. The second kappa shape index (κ2) is 10.9. The molecular weight excluding hydrogens is 585 g/mol. The number of aromatic nitrogens is 2.